The number of anilines is 1. The van der Waals surface area contributed by atoms with Crippen LogP contribution in [-0.4, -0.2) is 32.7 Å². The highest BCUT2D eigenvalue weighted by molar-refractivity contribution is 7.92. The predicted molar refractivity (Wildman–Crippen MR) is 63.5 cm³/mol. The molecule has 1 aliphatic rings. The summed E-state index contributed by atoms with van der Waals surface area (Å²) in [6.45, 7) is 0. The average Bonchev–Trinajstić information content (AvgIpc) is 3.12. The minimum Gasteiger partial charge on any atom is -0.363 e. The molecule has 1 aromatic heterocycles. The van der Waals surface area contributed by atoms with Crippen molar-refractivity contribution in [1.82, 2.24) is 4.98 Å². The lowest BCUT2D eigenvalue weighted by molar-refractivity contribution is 0.594. The Kier molecular flexibility index (Phi) is 2.79. The van der Waals surface area contributed by atoms with Gasteiger partial charge in [-0.15, -0.1) is 0 Å². The zero-order chi connectivity index (χ0) is 12.6. The summed E-state index contributed by atoms with van der Waals surface area (Å²) in [5.41, 5.74) is -0.0110. The third-order valence-corrected chi connectivity index (χ3v) is 4.97. The summed E-state index contributed by atoms with van der Waals surface area (Å²) in [6.07, 6.45) is 1.37. The third kappa shape index (κ3) is 2.11. The van der Waals surface area contributed by atoms with Crippen molar-refractivity contribution < 1.29 is 8.42 Å². The second kappa shape index (κ2) is 4.00. The Labute approximate surface area is 101 Å². The van der Waals surface area contributed by atoms with Gasteiger partial charge >= 0.3 is 0 Å². The number of aromatic nitrogens is 1. The van der Waals surface area contributed by atoms with Crippen LogP contribution >= 0.6 is 0 Å². The van der Waals surface area contributed by atoms with E-state index < -0.39 is 9.84 Å². The molecule has 0 spiro atoms. The molecule has 2 rings (SSSR count). The Morgan fingerprint density at radius 1 is 1.41 bits per heavy atom. The number of sulfone groups is 1. The Morgan fingerprint density at radius 2 is 2.06 bits per heavy atom. The van der Waals surface area contributed by atoms with E-state index in [9.17, 15) is 8.42 Å². The summed E-state index contributed by atoms with van der Waals surface area (Å²) in [6, 6.07) is 4.96. The van der Waals surface area contributed by atoms with Crippen molar-refractivity contribution in [2.75, 3.05) is 19.0 Å². The first kappa shape index (κ1) is 11.9. The van der Waals surface area contributed by atoms with Crippen molar-refractivity contribution in [1.29, 1.82) is 5.26 Å². The van der Waals surface area contributed by atoms with E-state index in [0.717, 1.165) is 0 Å². The maximum absolute atomic E-state index is 12.1. The number of hydrogen-bond donors (Lipinski definition) is 0. The van der Waals surface area contributed by atoms with E-state index in [1.807, 2.05) is 6.07 Å². The van der Waals surface area contributed by atoms with Crippen LogP contribution in [0.25, 0.3) is 0 Å². The maximum atomic E-state index is 12.1. The van der Waals surface area contributed by atoms with Gasteiger partial charge in [0.25, 0.3) is 0 Å². The van der Waals surface area contributed by atoms with Crippen molar-refractivity contribution in [2.24, 2.45) is 0 Å². The maximum Gasteiger partial charge on any atom is 0.184 e. The summed E-state index contributed by atoms with van der Waals surface area (Å²) in [4.78, 5) is 5.85. The molecule has 1 aromatic rings. The highest BCUT2D eigenvalue weighted by Gasteiger charge is 2.38. The molecule has 0 N–H and O–H groups in total. The molecule has 1 fully saturated rings. The largest absolute Gasteiger partial charge is 0.363 e. The topological polar surface area (TPSA) is 74.1 Å². The van der Waals surface area contributed by atoms with Crippen molar-refractivity contribution in [2.45, 2.75) is 23.0 Å². The van der Waals surface area contributed by atoms with Crippen molar-refractivity contribution in [3.63, 3.8) is 0 Å². The Morgan fingerprint density at radius 3 is 2.53 bits per heavy atom. The van der Waals surface area contributed by atoms with Crippen LogP contribution in [0.3, 0.4) is 0 Å². The molecule has 0 radical (unpaired) electrons. The molecule has 0 aliphatic heterocycles. The molecular formula is C11H13N3O2S. The summed E-state index contributed by atoms with van der Waals surface area (Å²) in [5, 5.41) is 8.68. The van der Waals surface area contributed by atoms with Crippen LogP contribution in [0.2, 0.25) is 0 Å². The van der Waals surface area contributed by atoms with E-state index in [1.54, 1.807) is 25.1 Å². The van der Waals surface area contributed by atoms with Gasteiger partial charge in [-0.25, -0.2) is 13.4 Å². The number of rotatable bonds is 3. The minimum atomic E-state index is -3.35. The average molecular weight is 251 g/mol. The molecule has 6 heteroatoms. The molecule has 0 amide bonds. The zero-order valence-corrected chi connectivity index (χ0v) is 10.5. The highest BCUT2D eigenvalue weighted by atomic mass is 32.2. The predicted octanol–water partition coefficient (Wildman–Crippen LogP) is 0.955. The monoisotopic (exact) mass is 251 g/mol. The van der Waals surface area contributed by atoms with Crippen LogP contribution < -0.4 is 4.90 Å². The van der Waals surface area contributed by atoms with Gasteiger partial charge < -0.3 is 4.90 Å². The lowest BCUT2D eigenvalue weighted by atomic mass is 10.3. The Balaban J connectivity index is 2.53. The molecule has 1 saturated carbocycles. The Hall–Kier alpha value is -1.61. The van der Waals surface area contributed by atoms with Gasteiger partial charge in [0.05, 0.1) is 5.25 Å². The molecular weight excluding hydrogens is 238 g/mol. The number of hydrogen-bond acceptors (Lipinski definition) is 5. The summed E-state index contributed by atoms with van der Waals surface area (Å²) in [5.74, 6) is 0.580. The summed E-state index contributed by atoms with van der Waals surface area (Å²) in [7, 11) is 0.226. The molecule has 1 heterocycles. The fraction of sp³-hybridized carbons (Fsp3) is 0.455. The molecule has 5 nitrogen and oxygen atoms in total. The molecule has 0 atom stereocenters. The summed E-state index contributed by atoms with van der Waals surface area (Å²) >= 11 is 0. The number of nitriles is 1. The van der Waals surface area contributed by atoms with Crippen LogP contribution in [0.5, 0.6) is 0 Å². The van der Waals surface area contributed by atoms with Crippen LogP contribution in [-0.2, 0) is 9.84 Å². The normalized spacial score (nSPS) is 15.4. The first-order chi connectivity index (χ1) is 7.96. The van der Waals surface area contributed by atoms with Crippen LogP contribution in [0, 0.1) is 11.3 Å². The summed E-state index contributed by atoms with van der Waals surface area (Å²) < 4.78 is 24.1. The number of pyridine rings is 1. The van der Waals surface area contributed by atoms with Crippen molar-refractivity contribution in [3.05, 3.63) is 17.8 Å². The van der Waals surface area contributed by atoms with E-state index in [0.29, 0.717) is 18.7 Å². The molecule has 0 aromatic carbocycles. The molecule has 17 heavy (non-hydrogen) atoms. The van der Waals surface area contributed by atoms with E-state index in [1.165, 1.54) is 6.07 Å². The molecule has 0 unspecified atom stereocenters. The van der Waals surface area contributed by atoms with Crippen LogP contribution in [0.1, 0.15) is 18.5 Å². The second-order valence-electron chi connectivity index (χ2n) is 4.27. The van der Waals surface area contributed by atoms with E-state index in [4.69, 9.17) is 5.26 Å². The van der Waals surface area contributed by atoms with Gasteiger partial charge in [0.2, 0.25) is 0 Å². The fourth-order valence-corrected chi connectivity index (χ4v) is 3.29. The molecule has 90 valence electrons. The second-order valence-corrected chi connectivity index (χ2v) is 6.46. The van der Waals surface area contributed by atoms with Crippen molar-refractivity contribution in [3.8, 4) is 6.07 Å². The van der Waals surface area contributed by atoms with Crippen LogP contribution in [0.15, 0.2) is 17.0 Å². The van der Waals surface area contributed by atoms with Gasteiger partial charge in [-0.2, -0.15) is 5.26 Å². The first-order valence-corrected chi connectivity index (χ1v) is 6.84. The fourth-order valence-electron chi connectivity index (χ4n) is 1.55. The lowest BCUT2D eigenvalue weighted by Gasteiger charge is -2.12. The van der Waals surface area contributed by atoms with E-state index in [2.05, 4.69) is 4.98 Å². The van der Waals surface area contributed by atoms with Gasteiger partial charge in [0, 0.05) is 14.1 Å². The quantitative estimate of drug-likeness (QED) is 0.799. The smallest absolute Gasteiger partial charge is 0.184 e. The minimum absolute atomic E-state index is 0.0110. The van der Waals surface area contributed by atoms with Crippen molar-refractivity contribution >= 4 is 15.7 Å². The molecule has 0 bridgehead atoms. The first-order valence-electron chi connectivity index (χ1n) is 5.29. The highest BCUT2D eigenvalue weighted by Crippen LogP contribution is 2.34. The lowest BCUT2D eigenvalue weighted by Crippen LogP contribution is -2.14. The molecule has 1 aliphatic carbocycles. The van der Waals surface area contributed by atoms with Gasteiger partial charge in [-0.3, -0.25) is 0 Å². The standard InChI is InChI=1S/C11H13N3O2S/c1-14(2)11-6-5-10(9(7-12)13-11)17(15,16)8-3-4-8/h5-6,8H,3-4H2,1-2H3. The van der Waals surface area contributed by atoms with Gasteiger partial charge in [-0.05, 0) is 25.0 Å². The van der Waals surface area contributed by atoms with Crippen LogP contribution in [0.4, 0.5) is 5.82 Å². The van der Waals surface area contributed by atoms with Gasteiger partial charge in [0.15, 0.2) is 15.5 Å². The Bertz CT molecular complexity index is 583. The number of nitrogens with zero attached hydrogens (tertiary/aromatic N) is 3. The third-order valence-electron chi connectivity index (χ3n) is 2.68. The molecule has 0 saturated heterocycles. The van der Waals surface area contributed by atoms with Gasteiger partial charge in [-0.1, -0.05) is 0 Å². The van der Waals surface area contributed by atoms with E-state index in [-0.39, 0.29) is 15.8 Å². The SMILES string of the molecule is CN(C)c1ccc(S(=O)(=O)C2CC2)c(C#N)n1. The van der Waals surface area contributed by atoms with Gasteiger partial charge in [0.1, 0.15) is 16.8 Å². The zero-order valence-electron chi connectivity index (χ0n) is 9.71. The van der Waals surface area contributed by atoms with E-state index >= 15 is 0 Å².